The number of methoxy groups -OCH3 is 1. The third-order valence-corrected chi connectivity index (χ3v) is 3.94. The van der Waals surface area contributed by atoms with E-state index in [9.17, 15) is 4.79 Å². The van der Waals surface area contributed by atoms with E-state index in [1.165, 1.54) is 4.57 Å². The van der Waals surface area contributed by atoms with Gasteiger partial charge in [-0.05, 0) is 11.1 Å². The molecule has 2 heterocycles. The molecule has 0 unspecified atom stereocenters. The molecular formula is C16H18ClN5O3. The summed E-state index contributed by atoms with van der Waals surface area (Å²) in [6.45, 7) is 1.01. The van der Waals surface area contributed by atoms with Gasteiger partial charge in [0.05, 0.1) is 13.2 Å². The highest BCUT2D eigenvalue weighted by Crippen LogP contribution is 2.19. The third-order valence-electron chi connectivity index (χ3n) is 3.64. The number of anilines is 1. The third kappa shape index (κ3) is 3.75. The fourth-order valence-electron chi connectivity index (χ4n) is 2.45. The van der Waals surface area contributed by atoms with Gasteiger partial charge in [0.15, 0.2) is 11.5 Å². The minimum atomic E-state index is -0.318. The molecule has 0 aliphatic carbocycles. The topological polar surface area (TPSA) is 108 Å². The summed E-state index contributed by atoms with van der Waals surface area (Å²) in [7, 11) is 1.57. The van der Waals surface area contributed by atoms with Gasteiger partial charge in [-0.25, -0.2) is 4.79 Å². The molecule has 0 saturated carbocycles. The molecule has 3 N–H and O–H groups in total. The van der Waals surface area contributed by atoms with E-state index in [0.717, 1.165) is 11.1 Å². The number of fused-ring (bicyclic) bond motifs is 1. The van der Waals surface area contributed by atoms with Crippen molar-refractivity contribution in [3.63, 3.8) is 0 Å². The number of aromatic amines is 1. The van der Waals surface area contributed by atoms with E-state index >= 15 is 0 Å². The summed E-state index contributed by atoms with van der Waals surface area (Å²) in [5.41, 5.74) is 8.29. The molecule has 0 atom stereocenters. The van der Waals surface area contributed by atoms with E-state index < -0.39 is 0 Å². The smallest absolute Gasteiger partial charge is 0.328 e. The predicted octanol–water partition coefficient (Wildman–Crippen LogP) is 1.51. The van der Waals surface area contributed by atoms with Crippen LogP contribution < -0.4 is 16.2 Å². The Morgan fingerprint density at radius 2 is 2.08 bits per heavy atom. The summed E-state index contributed by atoms with van der Waals surface area (Å²) in [6.07, 6.45) is 0. The molecule has 0 bridgehead atoms. The van der Waals surface area contributed by atoms with Gasteiger partial charge >= 0.3 is 11.7 Å². The zero-order valence-corrected chi connectivity index (χ0v) is 14.4. The van der Waals surface area contributed by atoms with Crippen molar-refractivity contribution in [2.45, 2.75) is 12.4 Å². The summed E-state index contributed by atoms with van der Waals surface area (Å²) in [5, 5.41) is 0. The number of nitrogens with two attached hydrogens (primary N) is 1. The summed E-state index contributed by atoms with van der Waals surface area (Å²) >= 11 is 5.87. The van der Waals surface area contributed by atoms with Crippen LogP contribution in [0.4, 0.5) is 5.82 Å². The number of nitrogen functional groups attached to an aromatic ring is 1. The van der Waals surface area contributed by atoms with Crippen LogP contribution in [-0.2, 0) is 17.2 Å². The van der Waals surface area contributed by atoms with E-state index in [-0.39, 0.29) is 24.1 Å². The normalized spacial score (nSPS) is 11.1. The van der Waals surface area contributed by atoms with Crippen molar-refractivity contribution >= 4 is 28.6 Å². The van der Waals surface area contributed by atoms with Crippen LogP contribution in [0.15, 0.2) is 29.1 Å². The van der Waals surface area contributed by atoms with Crippen LogP contribution in [0.2, 0.25) is 0 Å². The SMILES string of the molecule is COCCOc1nc(N)c2[nH]c(=O)n(Cc3cccc(CCl)c3)c2n1. The van der Waals surface area contributed by atoms with Crippen molar-refractivity contribution in [3.8, 4) is 6.01 Å². The number of benzene rings is 1. The molecule has 0 aliphatic rings. The highest BCUT2D eigenvalue weighted by Gasteiger charge is 2.15. The molecule has 3 rings (SSSR count). The number of alkyl halides is 1. The van der Waals surface area contributed by atoms with Gasteiger partial charge in [-0.2, -0.15) is 9.97 Å². The van der Waals surface area contributed by atoms with E-state index in [0.29, 0.717) is 30.2 Å². The quantitative estimate of drug-likeness (QED) is 0.486. The van der Waals surface area contributed by atoms with E-state index in [2.05, 4.69) is 15.0 Å². The molecule has 0 aliphatic heterocycles. The molecule has 0 amide bonds. The van der Waals surface area contributed by atoms with Gasteiger partial charge in [-0.1, -0.05) is 24.3 Å². The first-order valence-electron chi connectivity index (χ1n) is 7.64. The van der Waals surface area contributed by atoms with Crippen molar-refractivity contribution < 1.29 is 9.47 Å². The Bertz CT molecular complexity index is 937. The molecule has 0 radical (unpaired) electrons. The average Bonchev–Trinajstić information content (AvgIpc) is 2.92. The van der Waals surface area contributed by atoms with Crippen molar-refractivity contribution in [3.05, 3.63) is 45.9 Å². The first-order chi connectivity index (χ1) is 12.1. The zero-order chi connectivity index (χ0) is 17.8. The second-order valence-electron chi connectivity index (χ2n) is 5.40. The van der Waals surface area contributed by atoms with Gasteiger partial charge in [-0.15, -0.1) is 11.6 Å². The lowest BCUT2D eigenvalue weighted by atomic mass is 10.1. The van der Waals surface area contributed by atoms with Crippen molar-refractivity contribution in [1.29, 1.82) is 0 Å². The van der Waals surface area contributed by atoms with Crippen LogP contribution in [0.3, 0.4) is 0 Å². The van der Waals surface area contributed by atoms with E-state index in [1.54, 1.807) is 7.11 Å². The summed E-state index contributed by atoms with van der Waals surface area (Å²) < 4.78 is 11.8. The number of halogens is 1. The van der Waals surface area contributed by atoms with E-state index in [1.807, 2.05) is 24.3 Å². The molecule has 1 aromatic carbocycles. The monoisotopic (exact) mass is 363 g/mol. The molecule has 132 valence electrons. The first kappa shape index (κ1) is 17.2. The Morgan fingerprint density at radius 1 is 1.28 bits per heavy atom. The number of aromatic nitrogens is 4. The molecule has 8 nitrogen and oxygen atoms in total. The summed E-state index contributed by atoms with van der Waals surface area (Å²) in [6, 6.07) is 7.79. The van der Waals surface area contributed by atoms with Crippen molar-refractivity contribution in [2.75, 3.05) is 26.1 Å². The summed E-state index contributed by atoms with van der Waals surface area (Å²) in [5.74, 6) is 0.561. The highest BCUT2D eigenvalue weighted by atomic mass is 35.5. The number of rotatable bonds is 7. The minimum absolute atomic E-state index is 0.101. The lowest BCUT2D eigenvalue weighted by Crippen LogP contribution is -2.18. The fourth-order valence-corrected chi connectivity index (χ4v) is 2.62. The Labute approximate surface area is 148 Å². The average molecular weight is 364 g/mol. The van der Waals surface area contributed by atoms with Crippen LogP contribution in [-0.4, -0.2) is 39.8 Å². The molecule has 9 heteroatoms. The fraction of sp³-hybridized carbons (Fsp3) is 0.312. The van der Waals surface area contributed by atoms with E-state index in [4.69, 9.17) is 26.8 Å². The second kappa shape index (κ2) is 7.54. The number of hydrogen-bond acceptors (Lipinski definition) is 6. The van der Waals surface area contributed by atoms with Crippen molar-refractivity contribution in [1.82, 2.24) is 19.5 Å². The maximum atomic E-state index is 12.3. The van der Waals surface area contributed by atoms with Gasteiger partial charge in [0.1, 0.15) is 12.1 Å². The maximum absolute atomic E-state index is 12.3. The maximum Gasteiger partial charge on any atom is 0.328 e. The van der Waals surface area contributed by atoms with Crippen LogP contribution in [0.5, 0.6) is 6.01 Å². The first-order valence-corrected chi connectivity index (χ1v) is 8.17. The molecular weight excluding hydrogens is 346 g/mol. The Morgan fingerprint density at radius 3 is 2.84 bits per heavy atom. The van der Waals surface area contributed by atoms with Gasteiger partial charge in [-0.3, -0.25) is 4.57 Å². The second-order valence-corrected chi connectivity index (χ2v) is 5.67. The standard InChI is InChI=1S/C16H18ClN5O3/c1-24-5-6-25-15-20-13(18)12-14(21-15)22(16(23)19-12)9-11-4-2-3-10(7-11)8-17/h2-4,7H,5-6,8-9H2,1H3,(H,19,23)(H2,18,20,21). The predicted molar refractivity (Wildman–Crippen MR) is 95.0 cm³/mol. The number of hydrogen-bond donors (Lipinski definition) is 2. The summed E-state index contributed by atoms with van der Waals surface area (Å²) in [4.78, 5) is 23.4. The minimum Gasteiger partial charge on any atom is -0.461 e. The van der Waals surface area contributed by atoms with Crippen molar-refractivity contribution in [2.24, 2.45) is 0 Å². The van der Waals surface area contributed by atoms with Gasteiger partial charge in [0.25, 0.3) is 0 Å². The van der Waals surface area contributed by atoms with Gasteiger partial charge in [0, 0.05) is 13.0 Å². The lowest BCUT2D eigenvalue weighted by molar-refractivity contribution is 0.141. The van der Waals surface area contributed by atoms with Crippen LogP contribution in [0.25, 0.3) is 11.2 Å². The Balaban J connectivity index is 1.98. The Hall–Kier alpha value is -2.58. The molecule has 0 fully saturated rings. The van der Waals surface area contributed by atoms with Gasteiger partial charge in [0.2, 0.25) is 0 Å². The molecule has 3 aromatic rings. The van der Waals surface area contributed by atoms with Gasteiger partial charge < -0.3 is 20.2 Å². The highest BCUT2D eigenvalue weighted by molar-refractivity contribution is 6.17. The van der Waals surface area contributed by atoms with Crippen LogP contribution in [0.1, 0.15) is 11.1 Å². The van der Waals surface area contributed by atoms with Crippen LogP contribution >= 0.6 is 11.6 Å². The molecule has 0 spiro atoms. The molecule has 0 saturated heterocycles. The zero-order valence-electron chi connectivity index (χ0n) is 13.7. The largest absolute Gasteiger partial charge is 0.461 e. The lowest BCUT2D eigenvalue weighted by Gasteiger charge is -2.07. The number of nitrogens with one attached hydrogen (secondary N) is 1. The number of imidazole rings is 1. The van der Waals surface area contributed by atoms with Crippen LogP contribution in [0, 0.1) is 0 Å². The Kier molecular flexibility index (Phi) is 5.20. The molecule has 2 aromatic heterocycles. The molecule has 25 heavy (non-hydrogen) atoms. The number of nitrogens with zero attached hydrogens (tertiary/aromatic N) is 3. The number of ether oxygens (including phenoxy) is 2. The number of H-pyrrole nitrogens is 1.